The molecule has 1 amide bonds. The zero-order valence-corrected chi connectivity index (χ0v) is 10.9. The third-order valence-electron chi connectivity index (χ3n) is 4.36. The number of carbonyl (C=O) groups excluding carboxylic acids is 1. The maximum atomic E-state index is 12.0. The van der Waals surface area contributed by atoms with E-state index in [0.717, 1.165) is 0 Å². The third kappa shape index (κ3) is 1.60. The summed E-state index contributed by atoms with van der Waals surface area (Å²) in [4.78, 5) is 29.1. The fourth-order valence-corrected chi connectivity index (χ4v) is 2.39. The predicted molar refractivity (Wildman–Crippen MR) is 64.4 cm³/mol. The maximum absolute atomic E-state index is 12.0. The summed E-state index contributed by atoms with van der Waals surface area (Å²) in [5.41, 5.74) is -0.241. The molecule has 0 aliphatic heterocycles. The van der Waals surface area contributed by atoms with Gasteiger partial charge in [0.25, 0.3) is 5.91 Å². The molecule has 0 saturated heterocycles. The quantitative estimate of drug-likeness (QED) is 0.754. The molecule has 0 aromatic carbocycles. The number of nitrogens with one attached hydrogen (secondary N) is 2. The van der Waals surface area contributed by atoms with Gasteiger partial charge in [0.1, 0.15) is 0 Å². The average Bonchev–Trinajstić information content (AvgIpc) is 2.68. The molecule has 1 saturated carbocycles. The van der Waals surface area contributed by atoms with Crippen LogP contribution in [0, 0.1) is 10.8 Å². The normalized spacial score (nSPS) is 20.4. The minimum atomic E-state index is -1.19. The van der Waals surface area contributed by atoms with Crippen molar-refractivity contribution < 1.29 is 14.7 Å². The van der Waals surface area contributed by atoms with E-state index in [9.17, 15) is 9.59 Å². The van der Waals surface area contributed by atoms with Crippen molar-refractivity contribution in [3.63, 3.8) is 0 Å². The molecule has 0 radical (unpaired) electrons. The molecule has 6 nitrogen and oxygen atoms in total. The maximum Gasteiger partial charge on any atom is 0.354 e. The van der Waals surface area contributed by atoms with Crippen molar-refractivity contribution in [2.75, 3.05) is 0 Å². The van der Waals surface area contributed by atoms with Gasteiger partial charge in [-0.1, -0.05) is 27.7 Å². The van der Waals surface area contributed by atoms with Gasteiger partial charge in [-0.15, -0.1) is 0 Å². The second kappa shape index (κ2) is 3.57. The van der Waals surface area contributed by atoms with Gasteiger partial charge >= 0.3 is 5.97 Å². The van der Waals surface area contributed by atoms with Crippen LogP contribution in [0.15, 0.2) is 6.33 Å². The number of hydrogen-bond acceptors (Lipinski definition) is 3. The summed E-state index contributed by atoms with van der Waals surface area (Å²) < 4.78 is 0. The molecule has 0 unspecified atom stereocenters. The number of hydrogen-bond donors (Lipinski definition) is 3. The third-order valence-corrected chi connectivity index (χ3v) is 4.36. The highest BCUT2D eigenvalue weighted by atomic mass is 16.4. The van der Waals surface area contributed by atoms with Crippen LogP contribution in [0.4, 0.5) is 0 Å². The number of rotatable bonds is 3. The van der Waals surface area contributed by atoms with Crippen molar-refractivity contribution in [1.82, 2.24) is 15.3 Å². The van der Waals surface area contributed by atoms with E-state index in [-0.39, 0.29) is 28.3 Å². The van der Waals surface area contributed by atoms with E-state index in [4.69, 9.17) is 5.11 Å². The van der Waals surface area contributed by atoms with Crippen molar-refractivity contribution in [2.24, 2.45) is 10.8 Å². The molecule has 1 aliphatic carbocycles. The zero-order chi connectivity index (χ0) is 13.7. The Labute approximate surface area is 105 Å². The summed E-state index contributed by atoms with van der Waals surface area (Å²) in [5.74, 6) is -1.63. The summed E-state index contributed by atoms with van der Waals surface area (Å²) in [6.07, 6.45) is 1.21. The highest BCUT2D eigenvalue weighted by molar-refractivity contribution is 6.02. The molecule has 1 heterocycles. The molecule has 0 atom stereocenters. The van der Waals surface area contributed by atoms with Gasteiger partial charge < -0.3 is 15.4 Å². The zero-order valence-electron chi connectivity index (χ0n) is 10.9. The monoisotopic (exact) mass is 251 g/mol. The Bertz CT molecular complexity index is 502. The van der Waals surface area contributed by atoms with Crippen molar-refractivity contribution in [3.05, 3.63) is 17.7 Å². The van der Waals surface area contributed by atoms with E-state index >= 15 is 0 Å². The molecule has 3 N–H and O–H groups in total. The van der Waals surface area contributed by atoms with E-state index in [1.165, 1.54) is 6.33 Å². The first kappa shape index (κ1) is 12.6. The largest absolute Gasteiger partial charge is 0.477 e. The Balaban J connectivity index is 2.15. The van der Waals surface area contributed by atoms with E-state index < -0.39 is 11.9 Å². The number of amides is 1. The topological polar surface area (TPSA) is 95.1 Å². The minimum Gasteiger partial charge on any atom is -0.477 e. The second-order valence-corrected chi connectivity index (χ2v) is 5.78. The van der Waals surface area contributed by atoms with Crippen LogP contribution in [-0.2, 0) is 0 Å². The lowest BCUT2D eigenvalue weighted by atomic mass is 10.0. The summed E-state index contributed by atoms with van der Waals surface area (Å²) >= 11 is 0. The van der Waals surface area contributed by atoms with Gasteiger partial charge in [-0.05, 0) is 10.8 Å². The fraction of sp³-hybridized carbons (Fsp3) is 0.583. The van der Waals surface area contributed by atoms with Crippen LogP contribution in [0.25, 0.3) is 0 Å². The molecule has 98 valence electrons. The molecule has 1 aromatic heterocycles. The highest BCUT2D eigenvalue weighted by Crippen LogP contribution is 2.62. The molecule has 1 aliphatic rings. The van der Waals surface area contributed by atoms with Gasteiger partial charge in [0.2, 0.25) is 0 Å². The Morgan fingerprint density at radius 2 is 1.89 bits per heavy atom. The van der Waals surface area contributed by atoms with Crippen LogP contribution in [0.1, 0.15) is 48.7 Å². The van der Waals surface area contributed by atoms with Crippen molar-refractivity contribution in [1.29, 1.82) is 0 Å². The van der Waals surface area contributed by atoms with Crippen molar-refractivity contribution in [2.45, 2.75) is 33.7 Å². The fourth-order valence-electron chi connectivity index (χ4n) is 2.39. The van der Waals surface area contributed by atoms with Crippen LogP contribution in [-0.4, -0.2) is 33.0 Å². The van der Waals surface area contributed by atoms with Gasteiger partial charge in [0.05, 0.1) is 6.33 Å². The lowest BCUT2D eigenvalue weighted by Crippen LogP contribution is -2.31. The number of H-pyrrole nitrogens is 1. The number of nitrogens with zero attached hydrogens (tertiary/aromatic N) is 1. The second-order valence-electron chi connectivity index (χ2n) is 5.78. The summed E-state index contributed by atoms with van der Waals surface area (Å²) in [5, 5.41) is 11.8. The smallest absolute Gasteiger partial charge is 0.354 e. The van der Waals surface area contributed by atoms with Gasteiger partial charge in [-0.3, -0.25) is 4.79 Å². The number of aromatic nitrogens is 2. The Morgan fingerprint density at radius 3 is 2.33 bits per heavy atom. The predicted octanol–water partition coefficient (Wildman–Crippen LogP) is 1.27. The molecule has 2 rings (SSSR count). The van der Waals surface area contributed by atoms with Gasteiger partial charge in [0, 0.05) is 6.04 Å². The average molecular weight is 251 g/mol. The number of aromatic amines is 1. The summed E-state index contributed by atoms with van der Waals surface area (Å²) in [6, 6.07) is 0.0239. The van der Waals surface area contributed by atoms with Gasteiger partial charge in [-0.25, -0.2) is 9.78 Å². The SMILES string of the molecule is CC1(C)C(NC(=O)c2nc[nH]c2C(=O)O)C1(C)C. The summed E-state index contributed by atoms with van der Waals surface area (Å²) in [6.45, 7) is 8.28. The number of aromatic carboxylic acids is 1. The van der Waals surface area contributed by atoms with E-state index in [0.29, 0.717) is 0 Å². The molecule has 1 fully saturated rings. The van der Waals surface area contributed by atoms with E-state index in [1.807, 2.05) is 0 Å². The number of carboxylic acids is 1. The highest BCUT2D eigenvalue weighted by Gasteiger charge is 2.65. The van der Waals surface area contributed by atoms with Gasteiger partial charge in [0.15, 0.2) is 11.4 Å². The first-order valence-corrected chi connectivity index (χ1v) is 5.77. The molecule has 0 bridgehead atoms. The van der Waals surface area contributed by atoms with Crippen LogP contribution < -0.4 is 5.32 Å². The van der Waals surface area contributed by atoms with Crippen LogP contribution in [0.5, 0.6) is 0 Å². The van der Waals surface area contributed by atoms with Crippen LogP contribution in [0.2, 0.25) is 0 Å². The first-order valence-electron chi connectivity index (χ1n) is 5.77. The number of carbonyl (C=O) groups is 2. The number of carboxylic acid groups (broad SMARTS) is 1. The first-order chi connectivity index (χ1) is 8.19. The molecular weight excluding hydrogens is 234 g/mol. The Morgan fingerprint density at radius 1 is 1.33 bits per heavy atom. The standard InChI is InChI=1S/C12H17N3O3/c1-11(2)10(12(11,3)4)15-8(16)6-7(9(17)18)14-5-13-6/h5,10H,1-4H3,(H,13,14)(H,15,16)(H,17,18). The molecular formula is C12H17N3O3. The molecule has 1 aromatic rings. The Kier molecular flexibility index (Phi) is 2.50. The van der Waals surface area contributed by atoms with Crippen molar-refractivity contribution in [3.8, 4) is 0 Å². The minimum absolute atomic E-state index is 0.00234. The van der Waals surface area contributed by atoms with Crippen molar-refractivity contribution >= 4 is 11.9 Å². The lowest BCUT2D eigenvalue weighted by Gasteiger charge is -2.05. The molecule has 18 heavy (non-hydrogen) atoms. The summed E-state index contributed by atoms with van der Waals surface area (Å²) in [7, 11) is 0. The van der Waals surface area contributed by atoms with Gasteiger partial charge in [-0.2, -0.15) is 0 Å². The number of imidazole rings is 1. The van der Waals surface area contributed by atoms with E-state index in [1.54, 1.807) is 0 Å². The Hall–Kier alpha value is -1.85. The molecule has 6 heteroatoms. The lowest BCUT2D eigenvalue weighted by molar-refractivity contribution is 0.0684. The van der Waals surface area contributed by atoms with Crippen LogP contribution in [0.3, 0.4) is 0 Å². The van der Waals surface area contributed by atoms with E-state index in [2.05, 4.69) is 43.0 Å². The molecule has 0 spiro atoms. The van der Waals surface area contributed by atoms with Crippen LogP contribution >= 0.6 is 0 Å².